The SMILES string of the molecule is C=CC1=C(C)/C(=C/C2=NC(=O)C(CCC(=O)O)=C2C)NC1=O. The van der Waals surface area contributed by atoms with Crippen molar-refractivity contribution in [1.82, 2.24) is 5.32 Å². The predicted octanol–water partition coefficient (Wildman–Crippen LogP) is 1.67. The van der Waals surface area contributed by atoms with Gasteiger partial charge in [-0.3, -0.25) is 14.4 Å². The van der Waals surface area contributed by atoms with Gasteiger partial charge in [0.25, 0.3) is 11.8 Å². The molecule has 2 N–H and O–H groups in total. The number of rotatable bonds is 5. The van der Waals surface area contributed by atoms with Gasteiger partial charge >= 0.3 is 5.97 Å². The summed E-state index contributed by atoms with van der Waals surface area (Å²) in [6.45, 7) is 7.10. The molecule has 6 heteroatoms. The summed E-state index contributed by atoms with van der Waals surface area (Å²) in [5.41, 5.74) is 3.30. The van der Waals surface area contributed by atoms with E-state index >= 15 is 0 Å². The van der Waals surface area contributed by atoms with Gasteiger partial charge in [-0.1, -0.05) is 12.7 Å². The molecule has 0 atom stereocenters. The second-order valence-corrected chi connectivity index (χ2v) is 5.05. The minimum absolute atomic E-state index is 0.117. The number of carbonyl (C=O) groups is 3. The second-order valence-electron chi connectivity index (χ2n) is 5.05. The molecule has 2 amide bonds. The smallest absolute Gasteiger partial charge is 0.303 e. The highest BCUT2D eigenvalue weighted by Crippen LogP contribution is 2.25. The van der Waals surface area contributed by atoms with Crippen molar-refractivity contribution in [2.24, 2.45) is 4.99 Å². The van der Waals surface area contributed by atoms with Crippen LogP contribution in [-0.4, -0.2) is 28.6 Å². The first-order valence-corrected chi connectivity index (χ1v) is 6.76. The second kappa shape index (κ2) is 5.93. The highest BCUT2D eigenvalue weighted by molar-refractivity contribution is 6.24. The predicted molar refractivity (Wildman–Crippen MR) is 81.1 cm³/mol. The Kier molecular flexibility index (Phi) is 4.21. The van der Waals surface area contributed by atoms with Gasteiger partial charge in [-0.25, -0.2) is 4.99 Å². The molecule has 0 aromatic rings. The molecule has 0 saturated carbocycles. The van der Waals surface area contributed by atoms with Crippen molar-refractivity contribution in [1.29, 1.82) is 0 Å². The molecule has 0 unspecified atom stereocenters. The molecule has 6 nitrogen and oxygen atoms in total. The lowest BCUT2D eigenvalue weighted by Gasteiger charge is -2.02. The van der Waals surface area contributed by atoms with Crippen molar-refractivity contribution in [3.8, 4) is 0 Å². The number of amides is 2. The maximum absolute atomic E-state index is 11.9. The molecule has 2 heterocycles. The molecular formula is C16H16N2O4. The van der Waals surface area contributed by atoms with Gasteiger partial charge in [0.1, 0.15) is 0 Å². The van der Waals surface area contributed by atoms with Crippen LogP contribution >= 0.6 is 0 Å². The van der Waals surface area contributed by atoms with Gasteiger partial charge in [-0.05, 0) is 37.5 Å². The Balaban J connectivity index is 2.30. The molecule has 0 aliphatic carbocycles. The first-order chi connectivity index (χ1) is 10.3. The zero-order valence-corrected chi connectivity index (χ0v) is 12.4. The molecule has 0 aromatic carbocycles. The van der Waals surface area contributed by atoms with E-state index in [-0.39, 0.29) is 18.7 Å². The summed E-state index contributed by atoms with van der Waals surface area (Å²) in [6, 6.07) is 0. The summed E-state index contributed by atoms with van der Waals surface area (Å²) in [4.78, 5) is 38.2. The van der Waals surface area contributed by atoms with E-state index in [1.165, 1.54) is 6.08 Å². The van der Waals surface area contributed by atoms with E-state index in [9.17, 15) is 14.4 Å². The monoisotopic (exact) mass is 300 g/mol. The lowest BCUT2D eigenvalue weighted by atomic mass is 10.0. The van der Waals surface area contributed by atoms with Crippen LogP contribution in [0.4, 0.5) is 0 Å². The molecule has 22 heavy (non-hydrogen) atoms. The molecule has 2 rings (SSSR count). The normalized spacial score (nSPS) is 19.9. The van der Waals surface area contributed by atoms with Crippen molar-refractivity contribution in [2.45, 2.75) is 26.7 Å². The largest absolute Gasteiger partial charge is 0.481 e. The average Bonchev–Trinajstić information content (AvgIpc) is 2.86. The van der Waals surface area contributed by atoms with Crippen LogP contribution in [0.5, 0.6) is 0 Å². The standard InChI is InChI=1S/C16H16N2O4/c1-4-10-8(2)12(17-15(10)21)7-13-9(3)11(16(22)18-13)5-6-14(19)20/h4,7H,1,5-6H2,2-3H3,(H,17,21)(H,19,20)/b12-7-. The minimum Gasteiger partial charge on any atom is -0.481 e. The fourth-order valence-corrected chi connectivity index (χ4v) is 2.37. The highest BCUT2D eigenvalue weighted by atomic mass is 16.4. The molecule has 0 fully saturated rings. The maximum Gasteiger partial charge on any atom is 0.303 e. The van der Waals surface area contributed by atoms with E-state index in [0.29, 0.717) is 28.1 Å². The maximum atomic E-state index is 11.9. The van der Waals surface area contributed by atoms with Gasteiger partial charge < -0.3 is 10.4 Å². The van der Waals surface area contributed by atoms with Gasteiger partial charge in [0.15, 0.2) is 0 Å². The number of carbonyl (C=O) groups excluding carboxylic acids is 2. The van der Waals surface area contributed by atoms with E-state index in [2.05, 4.69) is 16.9 Å². The quantitative estimate of drug-likeness (QED) is 0.807. The Morgan fingerprint density at radius 1 is 1.32 bits per heavy atom. The third-order valence-electron chi connectivity index (χ3n) is 3.69. The molecule has 0 bridgehead atoms. The topological polar surface area (TPSA) is 95.8 Å². The lowest BCUT2D eigenvalue weighted by Crippen LogP contribution is -2.16. The Morgan fingerprint density at radius 3 is 2.55 bits per heavy atom. The van der Waals surface area contributed by atoms with Gasteiger partial charge in [0, 0.05) is 23.3 Å². The summed E-state index contributed by atoms with van der Waals surface area (Å²) in [5.74, 6) is -1.62. The number of allylic oxidation sites excluding steroid dienone is 3. The van der Waals surface area contributed by atoms with Gasteiger partial charge in [0.2, 0.25) is 0 Å². The van der Waals surface area contributed by atoms with Crippen molar-refractivity contribution in [2.75, 3.05) is 0 Å². The third kappa shape index (κ3) is 2.81. The van der Waals surface area contributed by atoms with Crippen LogP contribution in [0.25, 0.3) is 0 Å². The first-order valence-electron chi connectivity index (χ1n) is 6.76. The molecule has 2 aliphatic heterocycles. The Hall–Kier alpha value is -2.76. The van der Waals surface area contributed by atoms with E-state index in [0.717, 1.165) is 5.57 Å². The van der Waals surface area contributed by atoms with Crippen molar-refractivity contribution >= 4 is 23.5 Å². The van der Waals surface area contributed by atoms with Crippen LogP contribution in [0.15, 0.2) is 51.7 Å². The highest BCUT2D eigenvalue weighted by Gasteiger charge is 2.26. The van der Waals surface area contributed by atoms with Crippen molar-refractivity contribution < 1.29 is 19.5 Å². The van der Waals surface area contributed by atoms with Crippen LogP contribution in [0.3, 0.4) is 0 Å². The average molecular weight is 300 g/mol. The molecule has 0 spiro atoms. The number of nitrogens with one attached hydrogen (secondary N) is 1. The number of aliphatic imine (C=N–C) groups is 1. The lowest BCUT2D eigenvalue weighted by molar-refractivity contribution is -0.137. The van der Waals surface area contributed by atoms with E-state index in [1.54, 1.807) is 19.9 Å². The van der Waals surface area contributed by atoms with E-state index in [1.807, 2.05) is 0 Å². The van der Waals surface area contributed by atoms with Crippen LogP contribution in [0.2, 0.25) is 0 Å². The summed E-state index contributed by atoms with van der Waals surface area (Å²) in [5, 5.41) is 11.4. The summed E-state index contributed by atoms with van der Waals surface area (Å²) in [7, 11) is 0. The Morgan fingerprint density at radius 2 is 2.00 bits per heavy atom. The zero-order valence-electron chi connectivity index (χ0n) is 12.4. The number of carboxylic acids is 1. The summed E-state index contributed by atoms with van der Waals surface area (Å²) < 4.78 is 0. The fourth-order valence-electron chi connectivity index (χ4n) is 2.37. The van der Waals surface area contributed by atoms with Gasteiger partial charge in [-0.15, -0.1) is 0 Å². The Bertz CT molecular complexity index is 720. The van der Waals surface area contributed by atoms with Crippen LogP contribution in [0, 0.1) is 0 Å². The van der Waals surface area contributed by atoms with Crippen molar-refractivity contribution in [3.05, 3.63) is 46.7 Å². The van der Waals surface area contributed by atoms with Gasteiger partial charge in [0.05, 0.1) is 5.71 Å². The molecule has 0 radical (unpaired) electrons. The third-order valence-corrected chi connectivity index (χ3v) is 3.69. The molecule has 0 saturated heterocycles. The van der Waals surface area contributed by atoms with E-state index < -0.39 is 11.9 Å². The number of aliphatic carboxylic acids is 1. The number of hydrogen-bond donors (Lipinski definition) is 2. The molecule has 114 valence electrons. The summed E-state index contributed by atoms with van der Waals surface area (Å²) in [6.07, 6.45) is 3.14. The van der Waals surface area contributed by atoms with Crippen LogP contribution < -0.4 is 5.32 Å². The zero-order chi connectivity index (χ0) is 16.4. The van der Waals surface area contributed by atoms with Crippen molar-refractivity contribution in [3.63, 3.8) is 0 Å². The first kappa shape index (κ1) is 15.6. The van der Waals surface area contributed by atoms with E-state index in [4.69, 9.17) is 5.11 Å². The fraction of sp³-hybridized carbons (Fsp3) is 0.250. The Labute approximate surface area is 127 Å². The van der Waals surface area contributed by atoms with Gasteiger partial charge in [-0.2, -0.15) is 0 Å². The number of hydrogen-bond acceptors (Lipinski definition) is 3. The molecule has 0 aromatic heterocycles. The molecular weight excluding hydrogens is 284 g/mol. The van der Waals surface area contributed by atoms with Crippen LogP contribution in [-0.2, 0) is 14.4 Å². The minimum atomic E-state index is -0.961. The summed E-state index contributed by atoms with van der Waals surface area (Å²) >= 11 is 0. The number of nitrogens with zero attached hydrogens (tertiary/aromatic N) is 1. The number of carboxylic acid groups (broad SMARTS) is 1. The molecule has 2 aliphatic rings. The van der Waals surface area contributed by atoms with Crippen LogP contribution in [0.1, 0.15) is 26.7 Å².